The van der Waals surface area contributed by atoms with Crippen molar-refractivity contribution < 1.29 is 14.3 Å². The van der Waals surface area contributed by atoms with Crippen LogP contribution in [0.2, 0.25) is 5.02 Å². The minimum Gasteiger partial charge on any atom is -0.453 e. The number of carbonyl (C=O) groups is 2. The zero-order chi connectivity index (χ0) is 29.3. The van der Waals surface area contributed by atoms with Crippen LogP contribution in [0, 0.1) is 0 Å². The molecule has 0 spiro atoms. The Morgan fingerprint density at radius 1 is 1.02 bits per heavy atom. The number of hydrogen-bond donors (Lipinski definition) is 2. The van der Waals surface area contributed by atoms with Crippen molar-refractivity contribution in [3.8, 4) is 16.9 Å². The van der Waals surface area contributed by atoms with Crippen LogP contribution < -0.4 is 10.6 Å². The van der Waals surface area contributed by atoms with Gasteiger partial charge in [-0.25, -0.2) is 14.8 Å². The molecule has 2 N–H and O–H groups in total. The molecule has 2 amide bonds. The first-order valence-corrected chi connectivity index (χ1v) is 13.2. The molecule has 2 aromatic heterocycles. The van der Waals surface area contributed by atoms with Gasteiger partial charge in [0, 0.05) is 27.9 Å². The zero-order valence-corrected chi connectivity index (χ0v) is 23.1. The van der Waals surface area contributed by atoms with Gasteiger partial charge in [-0.15, -0.1) is 5.10 Å². The van der Waals surface area contributed by atoms with Crippen LogP contribution in [0.15, 0.2) is 97.6 Å². The number of aromatic nitrogens is 6. The molecule has 0 aliphatic rings. The lowest BCUT2D eigenvalue weighted by Crippen LogP contribution is -2.29. The second-order valence-corrected chi connectivity index (χ2v) is 9.50. The van der Waals surface area contributed by atoms with E-state index in [1.54, 1.807) is 36.4 Å². The fourth-order valence-electron chi connectivity index (χ4n) is 4.22. The van der Waals surface area contributed by atoms with E-state index in [9.17, 15) is 9.59 Å². The van der Waals surface area contributed by atoms with E-state index in [0.717, 1.165) is 11.1 Å². The highest BCUT2D eigenvalue weighted by Gasteiger charge is 2.18. The van der Waals surface area contributed by atoms with Crippen LogP contribution in [-0.4, -0.2) is 49.3 Å². The summed E-state index contributed by atoms with van der Waals surface area (Å²) in [4.78, 5) is 33.6. The van der Waals surface area contributed by atoms with E-state index in [2.05, 4.69) is 40.9 Å². The van der Waals surface area contributed by atoms with Crippen molar-refractivity contribution in [2.45, 2.75) is 12.5 Å². The molecule has 0 saturated heterocycles. The molecule has 5 rings (SSSR count). The van der Waals surface area contributed by atoms with Gasteiger partial charge >= 0.3 is 6.09 Å². The Kier molecular flexibility index (Phi) is 8.90. The Hall–Kier alpha value is -5.42. The van der Waals surface area contributed by atoms with Gasteiger partial charge in [0.2, 0.25) is 5.91 Å². The van der Waals surface area contributed by atoms with Crippen molar-refractivity contribution in [1.82, 2.24) is 35.5 Å². The van der Waals surface area contributed by atoms with Crippen LogP contribution in [0.3, 0.4) is 0 Å². The number of halogens is 1. The minimum atomic E-state index is -0.553. The van der Waals surface area contributed by atoms with Gasteiger partial charge in [-0.05, 0) is 64.9 Å². The molecule has 0 aliphatic heterocycles. The molecule has 0 fully saturated rings. The van der Waals surface area contributed by atoms with Gasteiger partial charge in [0.05, 0.1) is 30.2 Å². The maximum Gasteiger partial charge on any atom is 0.411 e. The van der Waals surface area contributed by atoms with E-state index in [4.69, 9.17) is 11.6 Å². The molecule has 0 saturated carbocycles. The Morgan fingerprint density at radius 2 is 1.83 bits per heavy atom. The number of anilines is 1. The summed E-state index contributed by atoms with van der Waals surface area (Å²) < 4.78 is 6.13. The van der Waals surface area contributed by atoms with Crippen molar-refractivity contribution >= 4 is 35.4 Å². The number of methoxy groups -OCH3 is 1. The first kappa shape index (κ1) is 28.1. The lowest BCUT2D eigenvalue weighted by molar-refractivity contribution is -0.117. The Labute approximate surface area is 246 Å². The highest BCUT2D eigenvalue weighted by molar-refractivity contribution is 6.30. The van der Waals surface area contributed by atoms with Gasteiger partial charge in [-0.2, -0.15) is 4.68 Å². The molecule has 3 aromatic carbocycles. The number of hydrogen-bond acceptors (Lipinski definition) is 8. The largest absolute Gasteiger partial charge is 0.453 e. The van der Waals surface area contributed by atoms with Crippen LogP contribution >= 0.6 is 11.6 Å². The molecule has 0 aliphatic carbocycles. The lowest BCUT2D eigenvalue weighted by Gasteiger charge is -2.18. The maximum absolute atomic E-state index is 13.2. The van der Waals surface area contributed by atoms with Crippen LogP contribution in [0.5, 0.6) is 0 Å². The number of nitrogens with one attached hydrogen (secondary N) is 2. The molecule has 12 heteroatoms. The molecule has 0 unspecified atom stereocenters. The van der Waals surface area contributed by atoms with Gasteiger partial charge in [0.15, 0.2) is 0 Å². The highest BCUT2D eigenvalue weighted by Crippen LogP contribution is 2.24. The molecule has 11 nitrogen and oxygen atoms in total. The highest BCUT2D eigenvalue weighted by atomic mass is 35.5. The number of carbonyl (C=O) groups excluding carboxylic acids is 2. The second-order valence-electron chi connectivity index (χ2n) is 9.06. The SMILES string of the molecule is COC(=O)Nc1ccc(-c2cc([C@H](Cc3ccccc3)NC(=O)/C=C/c3cc(Cl)ccc3-n3cnnn3)ncn2)cc1. The maximum atomic E-state index is 13.2. The molecule has 0 radical (unpaired) electrons. The Balaban J connectivity index is 1.39. The number of rotatable bonds is 9. The summed E-state index contributed by atoms with van der Waals surface area (Å²) in [5, 5.41) is 17.5. The average Bonchev–Trinajstić information content (AvgIpc) is 3.56. The summed E-state index contributed by atoms with van der Waals surface area (Å²) in [6.45, 7) is 0. The fourth-order valence-corrected chi connectivity index (χ4v) is 4.40. The molecule has 42 heavy (non-hydrogen) atoms. The van der Waals surface area contributed by atoms with Crippen LogP contribution in [0.25, 0.3) is 23.0 Å². The van der Waals surface area contributed by atoms with E-state index in [1.165, 1.54) is 30.5 Å². The summed E-state index contributed by atoms with van der Waals surface area (Å²) in [6, 6.07) is 23.6. The number of tetrazole rings is 1. The van der Waals surface area contributed by atoms with Crippen molar-refractivity contribution in [2.75, 3.05) is 12.4 Å². The van der Waals surface area contributed by atoms with Crippen LogP contribution in [0.4, 0.5) is 10.5 Å². The van der Waals surface area contributed by atoms with Gasteiger partial charge in [0.25, 0.3) is 0 Å². The minimum absolute atomic E-state index is 0.322. The first-order chi connectivity index (χ1) is 20.5. The van der Waals surface area contributed by atoms with E-state index in [1.807, 2.05) is 48.5 Å². The van der Waals surface area contributed by atoms with Crippen molar-refractivity contribution in [2.24, 2.45) is 0 Å². The molecule has 0 bridgehead atoms. The van der Waals surface area contributed by atoms with Crippen LogP contribution in [0.1, 0.15) is 22.9 Å². The predicted octanol–water partition coefficient (Wildman–Crippen LogP) is 5.06. The van der Waals surface area contributed by atoms with Crippen molar-refractivity contribution in [1.29, 1.82) is 0 Å². The summed E-state index contributed by atoms with van der Waals surface area (Å²) in [5.74, 6) is -0.322. The van der Waals surface area contributed by atoms with Crippen LogP contribution in [-0.2, 0) is 16.0 Å². The average molecular weight is 581 g/mol. The number of amides is 2. The van der Waals surface area contributed by atoms with E-state index in [-0.39, 0.29) is 5.91 Å². The molecular weight excluding hydrogens is 556 g/mol. The molecule has 1 atom stereocenters. The number of nitrogens with zero attached hydrogens (tertiary/aromatic N) is 6. The summed E-state index contributed by atoms with van der Waals surface area (Å²) in [7, 11) is 1.30. The smallest absolute Gasteiger partial charge is 0.411 e. The third kappa shape index (κ3) is 7.20. The third-order valence-electron chi connectivity index (χ3n) is 6.26. The van der Waals surface area contributed by atoms with Gasteiger partial charge in [-0.1, -0.05) is 54.1 Å². The number of benzene rings is 3. The summed E-state index contributed by atoms with van der Waals surface area (Å²) in [6.07, 6.45) is 5.98. The quantitative estimate of drug-likeness (QED) is 0.231. The molecular formula is C30H25ClN8O3. The van der Waals surface area contributed by atoms with E-state index < -0.39 is 12.1 Å². The van der Waals surface area contributed by atoms with Crippen molar-refractivity contribution in [3.63, 3.8) is 0 Å². The standard InChI is InChI=1S/C30H25ClN8O3/c1-42-30(41)35-24-11-7-21(8-12-24)25-17-26(33-18-32-25)27(15-20-5-3-2-4-6-20)36-29(40)14-9-22-16-23(31)10-13-28(22)39-19-34-37-38-39/h2-14,16-19,27H,15H2,1H3,(H,35,41)(H,36,40)/b14-9+/t27-/m0/s1. The number of ether oxygens (including phenoxy) is 1. The first-order valence-electron chi connectivity index (χ1n) is 12.8. The monoisotopic (exact) mass is 580 g/mol. The normalized spacial score (nSPS) is 11.7. The Morgan fingerprint density at radius 3 is 2.57 bits per heavy atom. The molecule has 210 valence electrons. The Bertz CT molecular complexity index is 1690. The van der Waals surface area contributed by atoms with Crippen molar-refractivity contribution in [3.05, 3.63) is 119 Å². The molecule has 5 aromatic rings. The summed E-state index contributed by atoms with van der Waals surface area (Å²) >= 11 is 6.22. The zero-order valence-electron chi connectivity index (χ0n) is 22.4. The summed E-state index contributed by atoms with van der Waals surface area (Å²) in [5.41, 5.74) is 5.07. The lowest BCUT2D eigenvalue weighted by atomic mass is 10.0. The second kappa shape index (κ2) is 13.3. The van der Waals surface area contributed by atoms with Gasteiger partial charge in [-0.3, -0.25) is 10.1 Å². The van der Waals surface area contributed by atoms with Gasteiger partial charge in [0.1, 0.15) is 12.7 Å². The van der Waals surface area contributed by atoms with Gasteiger partial charge < -0.3 is 10.1 Å². The topological polar surface area (TPSA) is 137 Å². The fraction of sp³-hybridized carbons (Fsp3) is 0.100. The predicted molar refractivity (Wildman–Crippen MR) is 158 cm³/mol. The molecule has 2 heterocycles. The van der Waals surface area contributed by atoms with E-state index >= 15 is 0 Å². The van der Waals surface area contributed by atoms with E-state index in [0.29, 0.717) is 39.8 Å². The third-order valence-corrected chi connectivity index (χ3v) is 6.49.